The number of amides is 1. The maximum Gasteiger partial charge on any atom is 0.303 e. The lowest BCUT2D eigenvalue weighted by atomic mass is 10.1. The summed E-state index contributed by atoms with van der Waals surface area (Å²) in [5.41, 5.74) is 1.25. The van der Waals surface area contributed by atoms with Crippen LogP contribution < -0.4 is 5.32 Å². The zero-order valence-electron chi connectivity index (χ0n) is 15.3. The smallest absolute Gasteiger partial charge is 0.303 e. The van der Waals surface area contributed by atoms with E-state index < -0.39 is 5.97 Å². The normalized spacial score (nSPS) is 16.6. The van der Waals surface area contributed by atoms with Gasteiger partial charge in [-0.2, -0.15) is 0 Å². The molecule has 146 valence electrons. The monoisotopic (exact) mass is 411 g/mol. The summed E-state index contributed by atoms with van der Waals surface area (Å²) in [5, 5.41) is 12.9. The predicted molar refractivity (Wildman–Crippen MR) is 108 cm³/mol. The molecule has 0 saturated carbocycles. The molecule has 0 aliphatic carbocycles. The zero-order valence-corrected chi connectivity index (χ0v) is 16.8. The van der Waals surface area contributed by atoms with E-state index in [1.54, 1.807) is 18.2 Å². The van der Waals surface area contributed by atoms with Crippen molar-refractivity contribution in [2.45, 2.75) is 32.7 Å². The van der Waals surface area contributed by atoms with Crippen molar-refractivity contribution in [1.29, 1.82) is 0 Å². The van der Waals surface area contributed by atoms with Gasteiger partial charge in [0, 0.05) is 43.0 Å². The third-order valence-electron chi connectivity index (χ3n) is 4.09. The molecular formula is C19H23Cl2N3O3. The number of carboxylic acids is 1. The third-order valence-corrected chi connectivity index (χ3v) is 4.60. The number of carbonyl (C=O) groups excluding carboxylic acids is 1. The van der Waals surface area contributed by atoms with Gasteiger partial charge in [0.25, 0.3) is 5.91 Å². The van der Waals surface area contributed by atoms with Gasteiger partial charge in [0.05, 0.1) is 10.5 Å². The molecule has 0 spiro atoms. The second kappa shape index (κ2) is 9.88. The Morgan fingerprint density at radius 2 is 2.07 bits per heavy atom. The van der Waals surface area contributed by atoms with Crippen LogP contribution in [0, 0.1) is 0 Å². The van der Waals surface area contributed by atoms with E-state index in [1.807, 2.05) is 17.9 Å². The summed E-state index contributed by atoms with van der Waals surface area (Å²) in [6.45, 7) is 6.15. The number of halogens is 2. The number of rotatable bonds is 3. The van der Waals surface area contributed by atoms with E-state index >= 15 is 0 Å². The van der Waals surface area contributed by atoms with E-state index in [0.29, 0.717) is 46.8 Å². The van der Waals surface area contributed by atoms with Crippen molar-refractivity contribution in [3.63, 3.8) is 0 Å². The quantitative estimate of drug-likeness (QED) is 0.749. The standard InChI is InChI=1S/C15H15Cl2N3O.C4H8O2/c1-9-8-20(5-4-18-9)15(21)10-2-3-11-12(16)7-14(17)19-13(11)6-10;1-2-3-4(5)6/h2-3,6-7,9,18H,4-5,8H2,1H3;2-3H2,1H3,(H,5,6). The molecule has 1 fully saturated rings. The highest BCUT2D eigenvalue weighted by Gasteiger charge is 2.22. The maximum absolute atomic E-state index is 12.6. The Kier molecular flexibility index (Phi) is 7.83. The number of fused-ring (bicyclic) bond motifs is 1. The number of pyridine rings is 1. The van der Waals surface area contributed by atoms with Gasteiger partial charge in [0.15, 0.2) is 0 Å². The van der Waals surface area contributed by atoms with E-state index in [-0.39, 0.29) is 5.91 Å². The zero-order chi connectivity index (χ0) is 20.0. The molecule has 0 radical (unpaired) electrons. The number of aliphatic carboxylic acids is 1. The Morgan fingerprint density at radius 1 is 1.33 bits per heavy atom. The number of benzene rings is 1. The van der Waals surface area contributed by atoms with Crippen LogP contribution in [0.1, 0.15) is 37.0 Å². The van der Waals surface area contributed by atoms with Crippen LogP contribution in [0.15, 0.2) is 24.3 Å². The molecule has 2 aromatic rings. The lowest BCUT2D eigenvalue weighted by molar-refractivity contribution is -0.137. The van der Waals surface area contributed by atoms with Gasteiger partial charge in [-0.1, -0.05) is 36.2 Å². The molecule has 0 bridgehead atoms. The van der Waals surface area contributed by atoms with Crippen LogP contribution in [-0.2, 0) is 4.79 Å². The molecule has 27 heavy (non-hydrogen) atoms. The van der Waals surface area contributed by atoms with Crippen LogP contribution in [0.4, 0.5) is 0 Å². The summed E-state index contributed by atoms with van der Waals surface area (Å²) < 4.78 is 0. The van der Waals surface area contributed by atoms with Gasteiger partial charge in [-0.3, -0.25) is 9.59 Å². The lowest BCUT2D eigenvalue weighted by Crippen LogP contribution is -2.51. The van der Waals surface area contributed by atoms with E-state index in [2.05, 4.69) is 17.2 Å². The summed E-state index contributed by atoms with van der Waals surface area (Å²) in [6, 6.07) is 7.27. The fraction of sp³-hybridized carbons (Fsp3) is 0.421. The number of nitrogens with zero attached hydrogens (tertiary/aromatic N) is 2. The molecular weight excluding hydrogens is 389 g/mol. The number of aromatic nitrogens is 1. The van der Waals surface area contributed by atoms with Gasteiger partial charge in [-0.15, -0.1) is 0 Å². The Hall–Kier alpha value is -1.89. The highest BCUT2D eigenvalue weighted by atomic mass is 35.5. The summed E-state index contributed by atoms with van der Waals surface area (Å²) in [6.07, 6.45) is 1.02. The summed E-state index contributed by atoms with van der Waals surface area (Å²) in [5.74, 6) is -0.694. The van der Waals surface area contributed by atoms with Crippen molar-refractivity contribution in [3.05, 3.63) is 40.0 Å². The molecule has 1 unspecified atom stereocenters. The van der Waals surface area contributed by atoms with E-state index in [0.717, 1.165) is 18.4 Å². The molecule has 2 N–H and O–H groups in total. The first-order valence-corrected chi connectivity index (χ1v) is 9.57. The van der Waals surface area contributed by atoms with Gasteiger partial charge < -0.3 is 15.3 Å². The lowest BCUT2D eigenvalue weighted by Gasteiger charge is -2.32. The fourth-order valence-corrected chi connectivity index (χ4v) is 3.32. The van der Waals surface area contributed by atoms with Crippen LogP contribution in [0.2, 0.25) is 10.2 Å². The van der Waals surface area contributed by atoms with Crippen molar-refractivity contribution in [3.8, 4) is 0 Å². The minimum Gasteiger partial charge on any atom is -0.481 e. The van der Waals surface area contributed by atoms with Gasteiger partial charge in [-0.25, -0.2) is 4.98 Å². The molecule has 1 saturated heterocycles. The Balaban J connectivity index is 0.000000380. The van der Waals surface area contributed by atoms with E-state index in [1.165, 1.54) is 0 Å². The molecule has 3 rings (SSSR count). The van der Waals surface area contributed by atoms with Crippen LogP contribution in [0.25, 0.3) is 10.9 Å². The van der Waals surface area contributed by atoms with Crippen molar-refractivity contribution < 1.29 is 14.7 Å². The van der Waals surface area contributed by atoms with Crippen molar-refractivity contribution >= 4 is 46.0 Å². The first-order valence-electron chi connectivity index (χ1n) is 8.82. The number of hydrogen-bond acceptors (Lipinski definition) is 4. The van der Waals surface area contributed by atoms with Crippen LogP contribution in [0.3, 0.4) is 0 Å². The van der Waals surface area contributed by atoms with Crippen LogP contribution in [-0.4, -0.2) is 52.5 Å². The molecule has 1 aliphatic rings. The topological polar surface area (TPSA) is 82.5 Å². The largest absolute Gasteiger partial charge is 0.481 e. The molecule has 6 nitrogen and oxygen atoms in total. The van der Waals surface area contributed by atoms with Gasteiger partial charge in [0.1, 0.15) is 5.15 Å². The number of piperazine rings is 1. The molecule has 1 amide bonds. The Labute approximate surface area is 168 Å². The number of carboxylic acid groups (broad SMARTS) is 1. The number of nitrogens with one attached hydrogen (secondary N) is 1. The first kappa shape index (κ1) is 21.4. The fourth-order valence-electron chi connectivity index (χ4n) is 2.80. The van der Waals surface area contributed by atoms with E-state index in [9.17, 15) is 9.59 Å². The maximum atomic E-state index is 12.6. The number of hydrogen-bond donors (Lipinski definition) is 2. The Bertz CT molecular complexity index is 829. The van der Waals surface area contributed by atoms with Gasteiger partial charge in [-0.05, 0) is 31.5 Å². The number of carbonyl (C=O) groups is 2. The van der Waals surface area contributed by atoms with Gasteiger partial charge in [0.2, 0.25) is 0 Å². The molecule has 1 aromatic heterocycles. The van der Waals surface area contributed by atoms with E-state index in [4.69, 9.17) is 28.3 Å². The molecule has 8 heteroatoms. The van der Waals surface area contributed by atoms with Crippen molar-refractivity contribution in [2.24, 2.45) is 0 Å². The first-order chi connectivity index (χ1) is 12.8. The average Bonchev–Trinajstić information content (AvgIpc) is 2.61. The summed E-state index contributed by atoms with van der Waals surface area (Å²) in [7, 11) is 0. The molecule has 1 aromatic carbocycles. The SMILES string of the molecule is CC1CN(C(=O)c2ccc3c(Cl)cc(Cl)nc3c2)CCN1.CCCC(=O)O. The minimum atomic E-state index is -0.711. The van der Waals surface area contributed by atoms with Crippen molar-refractivity contribution in [1.82, 2.24) is 15.2 Å². The summed E-state index contributed by atoms with van der Waals surface area (Å²) >= 11 is 12.1. The van der Waals surface area contributed by atoms with Gasteiger partial charge >= 0.3 is 5.97 Å². The predicted octanol–water partition coefficient (Wildman–Crippen LogP) is 3.85. The van der Waals surface area contributed by atoms with Crippen LogP contribution >= 0.6 is 23.2 Å². The second-order valence-electron chi connectivity index (χ2n) is 6.41. The highest BCUT2D eigenvalue weighted by Crippen LogP contribution is 2.26. The summed E-state index contributed by atoms with van der Waals surface area (Å²) in [4.78, 5) is 28.3. The second-order valence-corrected chi connectivity index (χ2v) is 7.20. The van der Waals surface area contributed by atoms with Crippen molar-refractivity contribution in [2.75, 3.05) is 19.6 Å². The average molecular weight is 412 g/mol. The highest BCUT2D eigenvalue weighted by molar-refractivity contribution is 6.37. The Morgan fingerprint density at radius 3 is 2.67 bits per heavy atom. The molecule has 1 aliphatic heterocycles. The third kappa shape index (κ3) is 6.06. The minimum absolute atomic E-state index is 0.0168. The van der Waals surface area contributed by atoms with Crippen LogP contribution in [0.5, 0.6) is 0 Å². The molecule has 2 heterocycles. The molecule has 1 atom stereocenters.